The Kier molecular flexibility index (Phi) is 6.18. The molecule has 7 nitrogen and oxygen atoms in total. The molecule has 0 bridgehead atoms. The molecule has 1 saturated heterocycles. The molecule has 114 valence electrons. The minimum atomic E-state index is -3.45. The summed E-state index contributed by atoms with van der Waals surface area (Å²) in [5, 5.41) is 0. The van der Waals surface area contributed by atoms with Crippen LogP contribution in [0.3, 0.4) is 0 Å². The maximum atomic E-state index is 12.2. The van der Waals surface area contributed by atoms with Crippen molar-refractivity contribution in [3.05, 3.63) is 0 Å². The van der Waals surface area contributed by atoms with Gasteiger partial charge in [-0.05, 0) is 19.8 Å². The van der Waals surface area contributed by atoms with E-state index in [2.05, 4.69) is 4.72 Å². The molecular formula is C10H23N3O4S2. The Morgan fingerprint density at radius 1 is 1.26 bits per heavy atom. The zero-order valence-corrected chi connectivity index (χ0v) is 12.8. The van der Waals surface area contributed by atoms with Crippen LogP contribution in [0.4, 0.5) is 0 Å². The van der Waals surface area contributed by atoms with Crippen molar-refractivity contribution in [1.29, 1.82) is 0 Å². The number of piperidine rings is 1. The van der Waals surface area contributed by atoms with Gasteiger partial charge in [0, 0.05) is 25.7 Å². The van der Waals surface area contributed by atoms with Gasteiger partial charge in [0.15, 0.2) is 0 Å². The smallest absolute Gasteiger partial charge is 0.215 e. The molecule has 19 heavy (non-hydrogen) atoms. The van der Waals surface area contributed by atoms with Crippen LogP contribution >= 0.6 is 0 Å². The summed E-state index contributed by atoms with van der Waals surface area (Å²) in [5.74, 6) is -0.273. The van der Waals surface area contributed by atoms with Crippen molar-refractivity contribution >= 4 is 20.0 Å². The lowest BCUT2D eigenvalue weighted by Crippen LogP contribution is -2.49. The average Bonchev–Trinajstić information content (AvgIpc) is 2.38. The highest BCUT2D eigenvalue weighted by Crippen LogP contribution is 2.19. The van der Waals surface area contributed by atoms with Crippen LogP contribution in [0.1, 0.15) is 26.2 Å². The third-order valence-corrected chi connectivity index (χ3v) is 6.58. The first-order valence-corrected chi connectivity index (χ1v) is 9.75. The van der Waals surface area contributed by atoms with Crippen LogP contribution in [0.2, 0.25) is 0 Å². The summed E-state index contributed by atoms with van der Waals surface area (Å²) in [7, 11) is -6.80. The Hall–Kier alpha value is -0.220. The predicted octanol–water partition coefficient (Wildman–Crippen LogP) is -0.931. The van der Waals surface area contributed by atoms with Crippen LogP contribution in [0.15, 0.2) is 0 Å². The van der Waals surface area contributed by atoms with Crippen molar-refractivity contribution in [2.45, 2.75) is 32.2 Å². The summed E-state index contributed by atoms with van der Waals surface area (Å²) in [4.78, 5) is 0. The molecule has 0 aromatic carbocycles. The van der Waals surface area contributed by atoms with E-state index in [4.69, 9.17) is 5.73 Å². The summed E-state index contributed by atoms with van der Waals surface area (Å²) in [5.41, 5.74) is 5.59. The number of nitrogens with zero attached hydrogens (tertiary/aromatic N) is 1. The van der Waals surface area contributed by atoms with Crippen LogP contribution in [0, 0.1) is 0 Å². The van der Waals surface area contributed by atoms with Gasteiger partial charge in [-0.3, -0.25) is 0 Å². The van der Waals surface area contributed by atoms with E-state index in [1.165, 1.54) is 11.2 Å². The first kappa shape index (κ1) is 16.8. The van der Waals surface area contributed by atoms with E-state index in [9.17, 15) is 16.8 Å². The molecule has 0 amide bonds. The average molecular weight is 313 g/mol. The van der Waals surface area contributed by atoms with Crippen LogP contribution in [0.25, 0.3) is 0 Å². The van der Waals surface area contributed by atoms with E-state index >= 15 is 0 Å². The molecule has 0 aliphatic carbocycles. The zero-order valence-electron chi connectivity index (χ0n) is 11.2. The minimum Gasteiger partial charge on any atom is -0.329 e. The van der Waals surface area contributed by atoms with Crippen molar-refractivity contribution in [1.82, 2.24) is 9.03 Å². The van der Waals surface area contributed by atoms with E-state index in [1.54, 1.807) is 0 Å². The van der Waals surface area contributed by atoms with E-state index < -0.39 is 20.0 Å². The normalized spacial score (nSPS) is 22.5. The Labute approximate surface area is 115 Å². The molecule has 1 aliphatic rings. The number of nitrogens with one attached hydrogen (secondary N) is 1. The lowest BCUT2D eigenvalue weighted by Gasteiger charge is -2.33. The third kappa shape index (κ3) is 4.99. The van der Waals surface area contributed by atoms with Crippen molar-refractivity contribution in [3.63, 3.8) is 0 Å². The molecule has 1 aliphatic heterocycles. The monoisotopic (exact) mass is 313 g/mol. The standard InChI is InChI=1S/C10H23N3O4S2/c1-2-18(14,15)12-6-8-19(16,17)13-7-4-3-5-10(13)9-11/h10,12H,2-9,11H2,1H3. The van der Waals surface area contributed by atoms with Gasteiger partial charge in [-0.15, -0.1) is 0 Å². The highest BCUT2D eigenvalue weighted by molar-refractivity contribution is 7.90. The van der Waals surface area contributed by atoms with Gasteiger partial charge in [0.2, 0.25) is 20.0 Å². The summed E-state index contributed by atoms with van der Waals surface area (Å²) in [6.45, 7) is 2.20. The second-order valence-electron chi connectivity index (χ2n) is 4.61. The van der Waals surface area contributed by atoms with Crippen LogP contribution in [-0.2, 0) is 20.0 Å². The van der Waals surface area contributed by atoms with Gasteiger partial charge < -0.3 is 5.73 Å². The molecule has 3 N–H and O–H groups in total. The largest absolute Gasteiger partial charge is 0.329 e. The van der Waals surface area contributed by atoms with E-state index in [-0.39, 0.29) is 24.1 Å². The fourth-order valence-corrected chi connectivity index (χ4v) is 4.52. The van der Waals surface area contributed by atoms with Crippen molar-refractivity contribution < 1.29 is 16.8 Å². The molecule has 0 radical (unpaired) electrons. The van der Waals surface area contributed by atoms with E-state index in [0.29, 0.717) is 13.1 Å². The molecule has 1 rings (SSSR count). The summed E-state index contributed by atoms with van der Waals surface area (Å²) < 4.78 is 50.5. The highest BCUT2D eigenvalue weighted by Gasteiger charge is 2.31. The number of hydrogen-bond donors (Lipinski definition) is 2. The second kappa shape index (κ2) is 6.98. The quantitative estimate of drug-likeness (QED) is 0.631. The van der Waals surface area contributed by atoms with Gasteiger partial charge in [-0.25, -0.2) is 21.6 Å². The molecule has 1 fully saturated rings. The topological polar surface area (TPSA) is 110 Å². The first-order chi connectivity index (χ1) is 8.82. The van der Waals surface area contributed by atoms with Crippen molar-refractivity contribution in [2.24, 2.45) is 5.73 Å². The maximum Gasteiger partial charge on any atom is 0.215 e. The molecule has 1 unspecified atom stereocenters. The fourth-order valence-electron chi connectivity index (χ4n) is 2.12. The molecule has 9 heteroatoms. The molecule has 0 aromatic heterocycles. The fraction of sp³-hybridized carbons (Fsp3) is 1.00. The lowest BCUT2D eigenvalue weighted by atomic mass is 10.1. The summed E-state index contributed by atoms with van der Waals surface area (Å²) >= 11 is 0. The summed E-state index contributed by atoms with van der Waals surface area (Å²) in [6.07, 6.45) is 2.59. The van der Waals surface area contributed by atoms with Gasteiger partial charge >= 0.3 is 0 Å². The molecular weight excluding hydrogens is 290 g/mol. The van der Waals surface area contributed by atoms with Crippen molar-refractivity contribution in [2.75, 3.05) is 31.1 Å². The molecule has 0 saturated carbocycles. The van der Waals surface area contributed by atoms with Gasteiger partial charge in [0.05, 0.1) is 11.5 Å². The summed E-state index contributed by atoms with van der Waals surface area (Å²) in [6, 6.07) is -0.151. The third-order valence-electron chi connectivity index (χ3n) is 3.26. The van der Waals surface area contributed by atoms with E-state index in [0.717, 1.165) is 19.3 Å². The van der Waals surface area contributed by atoms with Crippen LogP contribution in [-0.4, -0.2) is 58.3 Å². The lowest BCUT2D eigenvalue weighted by molar-refractivity contribution is 0.257. The van der Waals surface area contributed by atoms with Gasteiger partial charge in [0.25, 0.3) is 0 Å². The maximum absolute atomic E-state index is 12.2. The predicted molar refractivity (Wildman–Crippen MR) is 74.6 cm³/mol. The molecule has 0 spiro atoms. The highest BCUT2D eigenvalue weighted by atomic mass is 32.2. The SMILES string of the molecule is CCS(=O)(=O)NCCS(=O)(=O)N1CCCCC1CN. The Bertz CT molecular complexity index is 475. The minimum absolute atomic E-state index is 0.0534. The zero-order chi connectivity index (χ0) is 14.5. The van der Waals surface area contributed by atoms with Crippen molar-refractivity contribution in [3.8, 4) is 0 Å². The Morgan fingerprint density at radius 2 is 1.95 bits per heavy atom. The van der Waals surface area contributed by atoms with Gasteiger partial charge in [0.1, 0.15) is 0 Å². The molecule has 0 aromatic rings. The number of nitrogens with two attached hydrogens (primary N) is 1. The van der Waals surface area contributed by atoms with Gasteiger partial charge in [-0.2, -0.15) is 4.31 Å². The number of hydrogen-bond acceptors (Lipinski definition) is 5. The van der Waals surface area contributed by atoms with Crippen LogP contribution in [0.5, 0.6) is 0 Å². The Morgan fingerprint density at radius 3 is 2.53 bits per heavy atom. The van der Waals surface area contributed by atoms with Crippen LogP contribution < -0.4 is 10.5 Å². The number of rotatable bonds is 7. The first-order valence-electron chi connectivity index (χ1n) is 6.49. The van der Waals surface area contributed by atoms with Gasteiger partial charge in [-0.1, -0.05) is 6.42 Å². The van der Waals surface area contributed by atoms with E-state index in [1.807, 2.05) is 0 Å². The molecule has 1 atom stereocenters. The molecule has 1 heterocycles. The Balaban J connectivity index is 2.60. The number of sulfonamides is 2. The second-order valence-corrected chi connectivity index (χ2v) is 8.75.